The molecule has 226 valence electrons. The van der Waals surface area contributed by atoms with Gasteiger partial charge in [0.2, 0.25) is 5.91 Å². The van der Waals surface area contributed by atoms with Crippen molar-refractivity contribution in [1.29, 1.82) is 0 Å². The van der Waals surface area contributed by atoms with E-state index in [9.17, 15) is 9.00 Å². The number of hydrogen-bond acceptors (Lipinski definition) is 3. The van der Waals surface area contributed by atoms with Gasteiger partial charge in [-0.2, -0.15) is 0 Å². The lowest BCUT2D eigenvalue weighted by Gasteiger charge is -2.32. The lowest BCUT2D eigenvalue weighted by atomic mass is 9.89. The average molecular weight is 588 g/mol. The van der Waals surface area contributed by atoms with Gasteiger partial charge in [0.15, 0.2) is 11.0 Å². The average Bonchev–Trinajstić information content (AvgIpc) is 3.49. The molecule has 2 atom stereocenters. The number of benzene rings is 3. The third-order valence-electron chi connectivity index (χ3n) is 8.50. The molecule has 0 radical (unpaired) electrons. The minimum Gasteiger partial charge on any atom is -0.337 e. The standard InChI is InChI=1S/C36H49N3O2S/c1-25(2)30-21-31(26(3)4)36(32(22-30)27(5)6)42(41)37-33-18-12-11-17-29(33)23-35(40)38(7)34(24-39-19-13-14-20-39)28-15-9-8-10-16-28/h8-12,15-18,21-22,25-27,34,37H,13-14,19-20,23-24H2,1-7H3/t34-,42?/m1/s1. The SMILES string of the molecule is CC(C)c1cc(C(C)C)c(S(=O)Nc2ccccc2CC(=O)N(C)[C@H](CN2CCCC2)c2ccccc2)c(C(C)C)c1. The molecule has 0 aromatic heterocycles. The van der Waals surface area contributed by atoms with Crippen LogP contribution in [0.1, 0.15) is 106 Å². The molecule has 0 spiro atoms. The Labute approximate surface area is 256 Å². The Morgan fingerprint density at radius 2 is 1.40 bits per heavy atom. The predicted octanol–water partition coefficient (Wildman–Crippen LogP) is 8.03. The monoisotopic (exact) mass is 587 g/mol. The van der Waals surface area contributed by atoms with E-state index in [0.717, 1.165) is 52.5 Å². The van der Waals surface area contributed by atoms with E-state index in [4.69, 9.17) is 0 Å². The van der Waals surface area contributed by atoms with Crippen molar-refractivity contribution in [3.05, 3.63) is 94.5 Å². The highest BCUT2D eigenvalue weighted by atomic mass is 32.2. The van der Waals surface area contributed by atoms with E-state index in [0.29, 0.717) is 5.92 Å². The number of likely N-dealkylation sites (tertiary alicyclic amines) is 1. The topological polar surface area (TPSA) is 52.7 Å². The van der Waals surface area contributed by atoms with Gasteiger partial charge in [-0.25, -0.2) is 4.21 Å². The fourth-order valence-corrected chi connectivity index (χ4v) is 7.34. The molecule has 5 nitrogen and oxygen atoms in total. The quantitative estimate of drug-likeness (QED) is 0.233. The van der Waals surface area contributed by atoms with Crippen LogP contribution in [0.3, 0.4) is 0 Å². The second-order valence-electron chi connectivity index (χ2n) is 12.6. The number of amides is 1. The molecule has 1 N–H and O–H groups in total. The van der Waals surface area contributed by atoms with E-state index in [-0.39, 0.29) is 30.2 Å². The fraction of sp³-hybridized carbons (Fsp3) is 0.472. The Bertz CT molecular complexity index is 1330. The van der Waals surface area contributed by atoms with Gasteiger partial charge in [0.05, 0.1) is 23.0 Å². The van der Waals surface area contributed by atoms with E-state index in [1.807, 2.05) is 54.4 Å². The zero-order chi connectivity index (χ0) is 30.4. The van der Waals surface area contributed by atoms with E-state index in [2.05, 4.69) is 75.4 Å². The predicted molar refractivity (Wildman–Crippen MR) is 177 cm³/mol. The first-order valence-corrected chi connectivity index (χ1v) is 16.7. The van der Waals surface area contributed by atoms with Crippen LogP contribution in [0.4, 0.5) is 5.69 Å². The number of carbonyl (C=O) groups is 1. The number of likely N-dealkylation sites (N-methyl/N-ethyl adjacent to an activating group) is 1. The van der Waals surface area contributed by atoms with Crippen LogP contribution in [0.2, 0.25) is 0 Å². The molecule has 3 aromatic rings. The Balaban J connectivity index is 1.60. The third kappa shape index (κ3) is 7.70. The number of hydrogen-bond donors (Lipinski definition) is 1. The van der Waals surface area contributed by atoms with Gasteiger partial charge >= 0.3 is 0 Å². The van der Waals surface area contributed by atoms with E-state index >= 15 is 0 Å². The second-order valence-corrected chi connectivity index (χ2v) is 13.8. The van der Waals surface area contributed by atoms with Crippen molar-refractivity contribution >= 4 is 22.6 Å². The molecule has 0 bridgehead atoms. The lowest BCUT2D eigenvalue weighted by molar-refractivity contribution is -0.131. The molecule has 3 aromatic carbocycles. The minimum atomic E-state index is -1.48. The lowest BCUT2D eigenvalue weighted by Crippen LogP contribution is -2.39. The van der Waals surface area contributed by atoms with E-state index in [1.54, 1.807) is 0 Å². The number of nitrogens with zero attached hydrogens (tertiary/aromatic N) is 2. The van der Waals surface area contributed by atoms with Gasteiger partial charge in [-0.05, 0) is 77.6 Å². The van der Waals surface area contributed by atoms with E-state index in [1.165, 1.54) is 18.4 Å². The summed E-state index contributed by atoms with van der Waals surface area (Å²) in [5.74, 6) is 0.912. The van der Waals surface area contributed by atoms with Crippen molar-refractivity contribution in [2.45, 2.75) is 89.5 Å². The van der Waals surface area contributed by atoms with Crippen LogP contribution in [0.5, 0.6) is 0 Å². The molecule has 1 saturated heterocycles. The summed E-state index contributed by atoms with van der Waals surface area (Å²) >= 11 is 0. The molecule has 4 rings (SSSR count). The molecule has 1 aliphatic heterocycles. The van der Waals surface area contributed by atoms with Gasteiger partial charge in [0.1, 0.15) is 0 Å². The van der Waals surface area contributed by atoms with Gasteiger partial charge in [-0.3, -0.25) is 4.79 Å². The molecule has 6 heteroatoms. The van der Waals surface area contributed by atoms with Crippen molar-refractivity contribution in [2.75, 3.05) is 31.4 Å². The maximum absolute atomic E-state index is 14.1. The molecule has 42 heavy (non-hydrogen) atoms. The summed E-state index contributed by atoms with van der Waals surface area (Å²) < 4.78 is 17.4. The van der Waals surface area contributed by atoms with Gasteiger partial charge in [-0.1, -0.05) is 102 Å². The largest absolute Gasteiger partial charge is 0.337 e. The fourth-order valence-electron chi connectivity index (χ4n) is 5.83. The zero-order valence-electron chi connectivity index (χ0n) is 26.5. The summed E-state index contributed by atoms with van der Waals surface area (Å²) in [6.07, 6.45) is 2.67. The Hall–Kier alpha value is -2.96. The number of para-hydroxylation sites is 1. The van der Waals surface area contributed by atoms with E-state index < -0.39 is 11.0 Å². The molecule has 0 saturated carbocycles. The van der Waals surface area contributed by atoms with Crippen LogP contribution in [-0.4, -0.2) is 46.6 Å². The molecular formula is C36H49N3O2S. The number of nitrogens with one attached hydrogen (secondary N) is 1. The molecular weight excluding hydrogens is 538 g/mol. The van der Waals surface area contributed by atoms with Gasteiger partial charge in [-0.15, -0.1) is 0 Å². The Morgan fingerprint density at radius 1 is 0.833 bits per heavy atom. The third-order valence-corrected chi connectivity index (χ3v) is 9.75. The van der Waals surface area contributed by atoms with Crippen molar-refractivity contribution < 1.29 is 9.00 Å². The number of rotatable bonds is 12. The van der Waals surface area contributed by atoms with Crippen molar-refractivity contribution in [3.8, 4) is 0 Å². The minimum absolute atomic E-state index is 0.0206. The first-order valence-electron chi connectivity index (χ1n) is 15.5. The van der Waals surface area contributed by atoms with Crippen LogP contribution in [0, 0.1) is 0 Å². The molecule has 1 unspecified atom stereocenters. The summed E-state index contributed by atoms with van der Waals surface area (Å²) in [5, 5.41) is 0. The summed E-state index contributed by atoms with van der Waals surface area (Å²) in [7, 11) is 0.442. The summed E-state index contributed by atoms with van der Waals surface area (Å²) in [5.41, 5.74) is 6.27. The highest BCUT2D eigenvalue weighted by Gasteiger charge is 2.27. The van der Waals surface area contributed by atoms with Crippen LogP contribution in [0.25, 0.3) is 0 Å². The summed E-state index contributed by atoms with van der Waals surface area (Å²) in [6, 6.07) is 22.6. The van der Waals surface area contributed by atoms with Crippen molar-refractivity contribution in [1.82, 2.24) is 9.80 Å². The van der Waals surface area contributed by atoms with Crippen LogP contribution < -0.4 is 4.72 Å². The zero-order valence-corrected chi connectivity index (χ0v) is 27.3. The molecule has 1 aliphatic rings. The molecule has 1 heterocycles. The van der Waals surface area contributed by atoms with Crippen LogP contribution >= 0.6 is 0 Å². The maximum Gasteiger partial charge on any atom is 0.227 e. The van der Waals surface area contributed by atoms with Gasteiger partial charge in [0.25, 0.3) is 0 Å². The van der Waals surface area contributed by atoms with Crippen molar-refractivity contribution in [2.24, 2.45) is 0 Å². The highest BCUT2D eigenvalue weighted by molar-refractivity contribution is 7.86. The Morgan fingerprint density at radius 3 is 1.98 bits per heavy atom. The highest BCUT2D eigenvalue weighted by Crippen LogP contribution is 2.35. The normalized spacial score (nSPS) is 15.4. The first kappa shape index (κ1) is 32.0. The van der Waals surface area contributed by atoms with Crippen molar-refractivity contribution in [3.63, 3.8) is 0 Å². The van der Waals surface area contributed by atoms with Crippen LogP contribution in [0.15, 0.2) is 71.6 Å². The number of anilines is 1. The van der Waals surface area contributed by atoms with Gasteiger partial charge in [0, 0.05) is 13.6 Å². The summed E-state index contributed by atoms with van der Waals surface area (Å²) in [4.78, 5) is 19.0. The Kier molecular flexibility index (Phi) is 11.0. The molecule has 1 fully saturated rings. The van der Waals surface area contributed by atoms with Crippen LogP contribution in [-0.2, 0) is 22.2 Å². The van der Waals surface area contributed by atoms with Gasteiger partial charge < -0.3 is 14.5 Å². The molecule has 1 amide bonds. The summed E-state index contributed by atoms with van der Waals surface area (Å²) in [6.45, 7) is 16.1. The smallest absolute Gasteiger partial charge is 0.227 e. The number of carbonyl (C=O) groups excluding carboxylic acids is 1. The molecule has 0 aliphatic carbocycles. The maximum atomic E-state index is 14.1. The first-order chi connectivity index (χ1) is 20.1. The second kappa shape index (κ2) is 14.5.